The smallest absolute Gasteiger partial charge is 0.244 e. The second-order valence-electron chi connectivity index (χ2n) is 6.16. The number of benzene rings is 1. The SMILES string of the molecule is C[C@]12CCCC[C@@H]1[C@@H]2C(=O)N/N=C/c1ccc(O)cc1. The highest BCUT2D eigenvalue weighted by molar-refractivity contribution is 5.85. The minimum atomic E-state index is 0.0504. The van der Waals surface area contributed by atoms with Crippen molar-refractivity contribution in [2.75, 3.05) is 0 Å². The number of carbonyl (C=O) groups is 1. The molecule has 0 aromatic heterocycles. The second kappa shape index (κ2) is 4.93. The normalized spacial score (nSPS) is 31.9. The molecule has 3 rings (SSSR count). The van der Waals surface area contributed by atoms with Crippen LogP contribution in [0.25, 0.3) is 0 Å². The lowest BCUT2D eigenvalue weighted by Crippen LogP contribution is -2.22. The Bertz CT molecular complexity index is 538. The first-order chi connectivity index (χ1) is 9.61. The molecular weight excluding hydrogens is 252 g/mol. The van der Waals surface area contributed by atoms with Gasteiger partial charge in [0.25, 0.3) is 0 Å². The highest BCUT2D eigenvalue weighted by Crippen LogP contribution is 2.66. The van der Waals surface area contributed by atoms with Crippen LogP contribution < -0.4 is 5.43 Å². The van der Waals surface area contributed by atoms with Gasteiger partial charge in [0.05, 0.1) is 6.21 Å². The third kappa shape index (κ3) is 2.30. The van der Waals surface area contributed by atoms with Gasteiger partial charge in [-0.05, 0) is 54.0 Å². The average Bonchev–Trinajstić information content (AvgIpc) is 3.06. The van der Waals surface area contributed by atoms with Crippen LogP contribution in [0.5, 0.6) is 5.75 Å². The fourth-order valence-electron chi connectivity index (χ4n) is 3.65. The number of fused-ring (bicyclic) bond motifs is 1. The van der Waals surface area contributed by atoms with Crippen molar-refractivity contribution in [3.8, 4) is 5.75 Å². The van der Waals surface area contributed by atoms with Crippen molar-refractivity contribution in [2.45, 2.75) is 32.6 Å². The third-order valence-corrected chi connectivity index (χ3v) is 4.90. The van der Waals surface area contributed by atoms with E-state index in [1.165, 1.54) is 19.3 Å². The largest absolute Gasteiger partial charge is 0.508 e. The molecule has 20 heavy (non-hydrogen) atoms. The van der Waals surface area contributed by atoms with Crippen LogP contribution in [0.15, 0.2) is 29.4 Å². The summed E-state index contributed by atoms with van der Waals surface area (Å²) < 4.78 is 0. The molecule has 1 aromatic carbocycles. The number of rotatable bonds is 3. The minimum absolute atomic E-state index is 0.0504. The summed E-state index contributed by atoms with van der Waals surface area (Å²) in [6, 6.07) is 6.70. The molecule has 0 spiro atoms. The fourth-order valence-corrected chi connectivity index (χ4v) is 3.65. The molecule has 0 heterocycles. The Kier molecular flexibility index (Phi) is 3.24. The topological polar surface area (TPSA) is 61.7 Å². The van der Waals surface area contributed by atoms with Crippen molar-refractivity contribution >= 4 is 12.1 Å². The summed E-state index contributed by atoms with van der Waals surface area (Å²) in [6.07, 6.45) is 6.44. The molecule has 2 N–H and O–H groups in total. The van der Waals surface area contributed by atoms with Gasteiger partial charge in [0.15, 0.2) is 0 Å². The van der Waals surface area contributed by atoms with Gasteiger partial charge in [-0.1, -0.05) is 19.8 Å². The first-order valence-electron chi connectivity index (χ1n) is 7.23. The number of hydrogen-bond acceptors (Lipinski definition) is 3. The van der Waals surface area contributed by atoms with Crippen molar-refractivity contribution in [1.82, 2.24) is 5.43 Å². The highest BCUT2D eigenvalue weighted by Gasteiger charge is 2.64. The molecule has 0 saturated heterocycles. The van der Waals surface area contributed by atoms with E-state index in [1.807, 2.05) is 0 Å². The van der Waals surface area contributed by atoms with Crippen LogP contribution in [0, 0.1) is 17.3 Å². The molecule has 0 bridgehead atoms. The predicted molar refractivity (Wildman–Crippen MR) is 77.4 cm³/mol. The molecule has 2 aliphatic carbocycles. The number of carbonyl (C=O) groups excluding carboxylic acids is 1. The molecule has 3 atom stereocenters. The maximum atomic E-state index is 12.2. The Balaban J connectivity index is 1.56. The molecular formula is C16H20N2O2. The second-order valence-corrected chi connectivity index (χ2v) is 6.16. The van der Waals surface area contributed by atoms with Crippen molar-refractivity contribution in [1.29, 1.82) is 0 Å². The van der Waals surface area contributed by atoms with Crippen LogP contribution in [0.4, 0.5) is 0 Å². The van der Waals surface area contributed by atoms with Crippen molar-refractivity contribution in [2.24, 2.45) is 22.4 Å². The van der Waals surface area contributed by atoms with Gasteiger partial charge in [-0.3, -0.25) is 4.79 Å². The molecule has 1 aromatic rings. The summed E-state index contributed by atoms with van der Waals surface area (Å²) in [5.74, 6) is 0.970. The number of aromatic hydroxyl groups is 1. The van der Waals surface area contributed by atoms with E-state index < -0.39 is 0 Å². The van der Waals surface area contributed by atoms with Gasteiger partial charge in [-0.15, -0.1) is 0 Å². The summed E-state index contributed by atoms with van der Waals surface area (Å²) in [5, 5.41) is 13.2. The zero-order chi connectivity index (χ0) is 14.2. The number of hydrazone groups is 1. The number of nitrogens with one attached hydrogen (secondary N) is 1. The van der Waals surface area contributed by atoms with Crippen LogP contribution in [-0.4, -0.2) is 17.2 Å². The molecule has 106 valence electrons. The average molecular weight is 272 g/mol. The van der Waals surface area contributed by atoms with E-state index >= 15 is 0 Å². The van der Waals surface area contributed by atoms with Crippen molar-refractivity contribution in [3.63, 3.8) is 0 Å². The van der Waals surface area contributed by atoms with Gasteiger partial charge in [-0.2, -0.15) is 5.10 Å². The van der Waals surface area contributed by atoms with E-state index in [0.29, 0.717) is 5.92 Å². The Morgan fingerprint density at radius 3 is 2.80 bits per heavy atom. The number of phenolic OH excluding ortho intramolecular Hbond substituents is 1. The summed E-state index contributed by atoms with van der Waals surface area (Å²) in [4.78, 5) is 12.2. The van der Waals surface area contributed by atoms with Gasteiger partial charge in [-0.25, -0.2) is 5.43 Å². The number of hydrogen-bond donors (Lipinski definition) is 2. The van der Waals surface area contributed by atoms with E-state index in [9.17, 15) is 9.90 Å². The van der Waals surface area contributed by atoms with E-state index in [-0.39, 0.29) is 23.0 Å². The molecule has 0 radical (unpaired) electrons. The van der Waals surface area contributed by atoms with Gasteiger partial charge in [0, 0.05) is 5.92 Å². The Hall–Kier alpha value is -1.84. The van der Waals surface area contributed by atoms with Crippen molar-refractivity contribution < 1.29 is 9.90 Å². The van der Waals surface area contributed by atoms with E-state index in [0.717, 1.165) is 12.0 Å². The summed E-state index contributed by atoms with van der Waals surface area (Å²) >= 11 is 0. The summed E-state index contributed by atoms with van der Waals surface area (Å²) in [7, 11) is 0. The third-order valence-electron chi connectivity index (χ3n) is 4.90. The lowest BCUT2D eigenvalue weighted by molar-refractivity contribution is -0.123. The first kappa shape index (κ1) is 13.2. The van der Waals surface area contributed by atoms with Crippen molar-refractivity contribution in [3.05, 3.63) is 29.8 Å². The lowest BCUT2D eigenvalue weighted by atomic mass is 9.90. The Morgan fingerprint density at radius 2 is 2.15 bits per heavy atom. The Labute approximate surface area is 118 Å². The molecule has 2 aliphatic rings. The maximum absolute atomic E-state index is 12.2. The standard InChI is InChI=1S/C16H20N2O2/c1-16-9-3-2-4-13(16)14(16)15(20)18-17-10-11-5-7-12(19)8-6-11/h5-8,10,13-14,19H,2-4,9H2,1H3,(H,18,20)/b17-10+/t13-,14-,16+/m1/s1. The van der Waals surface area contributed by atoms with Gasteiger partial charge < -0.3 is 5.11 Å². The summed E-state index contributed by atoms with van der Waals surface area (Å²) in [5.41, 5.74) is 3.73. The number of nitrogens with zero attached hydrogens (tertiary/aromatic N) is 1. The van der Waals surface area contributed by atoms with Crippen LogP contribution in [0.1, 0.15) is 38.2 Å². The minimum Gasteiger partial charge on any atom is -0.508 e. The van der Waals surface area contributed by atoms with Gasteiger partial charge >= 0.3 is 0 Å². The van der Waals surface area contributed by atoms with Crippen LogP contribution in [-0.2, 0) is 4.79 Å². The van der Waals surface area contributed by atoms with Crippen LogP contribution >= 0.6 is 0 Å². The molecule has 0 aliphatic heterocycles. The number of amides is 1. The zero-order valence-electron chi connectivity index (χ0n) is 11.7. The predicted octanol–water partition coefficient (Wildman–Crippen LogP) is 2.67. The zero-order valence-corrected chi connectivity index (χ0v) is 11.7. The molecule has 4 heteroatoms. The first-order valence-corrected chi connectivity index (χ1v) is 7.23. The maximum Gasteiger partial charge on any atom is 0.244 e. The van der Waals surface area contributed by atoms with Gasteiger partial charge in [0.2, 0.25) is 5.91 Å². The molecule has 4 nitrogen and oxygen atoms in total. The summed E-state index contributed by atoms with van der Waals surface area (Å²) in [6.45, 7) is 2.23. The molecule has 2 saturated carbocycles. The highest BCUT2D eigenvalue weighted by atomic mass is 16.3. The van der Waals surface area contributed by atoms with E-state index in [1.54, 1.807) is 30.5 Å². The lowest BCUT2D eigenvalue weighted by Gasteiger charge is -2.15. The monoisotopic (exact) mass is 272 g/mol. The molecule has 0 unspecified atom stereocenters. The fraction of sp³-hybridized carbons (Fsp3) is 0.500. The van der Waals surface area contributed by atoms with Crippen LogP contribution in [0.3, 0.4) is 0 Å². The number of phenols is 1. The molecule has 1 amide bonds. The molecule has 2 fully saturated rings. The van der Waals surface area contributed by atoms with Gasteiger partial charge in [0.1, 0.15) is 5.75 Å². The quantitative estimate of drug-likeness (QED) is 0.656. The Morgan fingerprint density at radius 1 is 1.40 bits per heavy atom. The van der Waals surface area contributed by atoms with Crippen LogP contribution in [0.2, 0.25) is 0 Å². The van der Waals surface area contributed by atoms with E-state index in [4.69, 9.17) is 0 Å². The van der Waals surface area contributed by atoms with E-state index in [2.05, 4.69) is 17.5 Å².